The third-order valence-corrected chi connectivity index (χ3v) is 5.75. The van der Waals surface area contributed by atoms with Crippen molar-refractivity contribution in [2.24, 2.45) is 0 Å². The molecule has 9 heteroatoms. The van der Waals surface area contributed by atoms with E-state index in [0.29, 0.717) is 28.0 Å². The van der Waals surface area contributed by atoms with Crippen LogP contribution in [-0.4, -0.2) is 31.4 Å². The number of rotatable bonds is 6. The lowest BCUT2D eigenvalue weighted by Gasteiger charge is -2.13. The molecule has 0 bridgehead atoms. The Balaban J connectivity index is 1.72. The van der Waals surface area contributed by atoms with E-state index in [2.05, 4.69) is 20.8 Å². The number of anilines is 2. The summed E-state index contributed by atoms with van der Waals surface area (Å²) in [6.45, 7) is 9.15. The molecule has 0 saturated carbocycles. The molecule has 0 fully saturated rings. The van der Waals surface area contributed by atoms with Crippen LogP contribution in [0, 0.1) is 13.8 Å². The zero-order chi connectivity index (χ0) is 25.3. The molecule has 2 amide bonds. The van der Waals surface area contributed by atoms with Crippen LogP contribution in [-0.2, 0) is 16.1 Å². The first-order chi connectivity index (χ1) is 16.6. The molecule has 0 aliphatic heterocycles. The molecule has 0 spiro atoms. The Morgan fingerprint density at radius 1 is 1.00 bits per heavy atom. The summed E-state index contributed by atoms with van der Waals surface area (Å²) in [5, 5.41) is 15.1. The molecular weight excluding hydrogens is 444 g/mol. The highest BCUT2D eigenvalue weighted by atomic mass is 16.2. The predicted molar refractivity (Wildman–Crippen MR) is 136 cm³/mol. The lowest BCUT2D eigenvalue weighted by Crippen LogP contribution is -2.31. The predicted octanol–water partition coefficient (Wildman–Crippen LogP) is 3.92. The van der Waals surface area contributed by atoms with Crippen LogP contribution in [0.3, 0.4) is 0 Å². The van der Waals surface area contributed by atoms with Gasteiger partial charge >= 0.3 is 0 Å². The number of hydrogen-bond donors (Lipinski definition) is 2. The van der Waals surface area contributed by atoms with Gasteiger partial charge in [0.1, 0.15) is 12.1 Å². The van der Waals surface area contributed by atoms with E-state index in [1.165, 1.54) is 11.6 Å². The molecule has 9 nitrogen and oxygen atoms in total. The smallest absolute Gasteiger partial charge is 0.293 e. The van der Waals surface area contributed by atoms with E-state index in [-0.39, 0.29) is 18.4 Å². The van der Waals surface area contributed by atoms with Gasteiger partial charge in [-0.1, -0.05) is 26.0 Å². The fourth-order valence-corrected chi connectivity index (χ4v) is 3.89. The van der Waals surface area contributed by atoms with E-state index in [1.807, 2.05) is 45.9 Å². The van der Waals surface area contributed by atoms with Crippen molar-refractivity contribution >= 4 is 34.1 Å². The normalized spacial score (nSPS) is 11.1. The first-order valence-corrected chi connectivity index (χ1v) is 11.4. The van der Waals surface area contributed by atoms with Gasteiger partial charge in [-0.2, -0.15) is 10.2 Å². The van der Waals surface area contributed by atoms with Crippen molar-refractivity contribution in [3.63, 3.8) is 0 Å². The number of carbonyl (C=O) groups is 2. The molecule has 2 aromatic heterocycles. The molecule has 0 saturated heterocycles. The van der Waals surface area contributed by atoms with E-state index >= 15 is 0 Å². The molecule has 0 aliphatic carbocycles. The second kappa shape index (κ2) is 9.54. The van der Waals surface area contributed by atoms with E-state index in [9.17, 15) is 14.4 Å². The summed E-state index contributed by atoms with van der Waals surface area (Å²) in [5.74, 6) is -0.607. The van der Waals surface area contributed by atoms with E-state index in [4.69, 9.17) is 0 Å². The molecule has 2 aromatic carbocycles. The molecule has 35 heavy (non-hydrogen) atoms. The molecule has 0 aliphatic rings. The Bertz CT molecular complexity index is 1500. The quantitative estimate of drug-likeness (QED) is 0.442. The van der Waals surface area contributed by atoms with E-state index < -0.39 is 11.5 Å². The summed E-state index contributed by atoms with van der Waals surface area (Å²) in [5.41, 5.74) is 4.74. The number of carbonyl (C=O) groups excluding carboxylic acids is 2. The van der Waals surface area contributed by atoms with Crippen LogP contribution in [0.4, 0.5) is 11.4 Å². The molecule has 4 aromatic rings. The highest BCUT2D eigenvalue weighted by Crippen LogP contribution is 2.24. The number of nitrogens with zero attached hydrogens (tertiary/aromatic N) is 4. The highest BCUT2D eigenvalue weighted by Gasteiger charge is 2.20. The summed E-state index contributed by atoms with van der Waals surface area (Å²) in [4.78, 5) is 37.6. The average molecular weight is 473 g/mol. The van der Waals surface area contributed by atoms with Gasteiger partial charge in [-0.15, -0.1) is 0 Å². The topological polar surface area (TPSA) is 111 Å². The average Bonchev–Trinajstić information content (AvgIpc) is 3.22. The van der Waals surface area contributed by atoms with Crippen LogP contribution < -0.4 is 16.2 Å². The van der Waals surface area contributed by atoms with Crippen LogP contribution in [0.2, 0.25) is 0 Å². The Hall–Kier alpha value is -4.27. The number of hydrogen-bond acceptors (Lipinski definition) is 5. The van der Waals surface area contributed by atoms with Crippen LogP contribution in [0.5, 0.6) is 0 Å². The van der Waals surface area contributed by atoms with Crippen molar-refractivity contribution in [3.8, 4) is 5.69 Å². The molecular formula is C26H28N6O3. The fraction of sp³-hybridized carbons (Fsp3) is 0.269. The second-order valence-corrected chi connectivity index (χ2v) is 8.90. The molecule has 4 rings (SSSR count). The molecule has 180 valence electrons. The van der Waals surface area contributed by atoms with Crippen LogP contribution in [0.15, 0.2) is 53.5 Å². The SMILES string of the molecule is CC(=O)Nc1cccc(NC(=O)Cn2nc(C(C)C)c3cnn(-c4ccc(C)c(C)c4)c3c2=O)c1. The van der Waals surface area contributed by atoms with Gasteiger partial charge < -0.3 is 10.6 Å². The van der Waals surface area contributed by atoms with Crippen molar-refractivity contribution in [1.82, 2.24) is 19.6 Å². The zero-order valence-electron chi connectivity index (χ0n) is 20.4. The van der Waals surface area contributed by atoms with Gasteiger partial charge in [-0.05, 0) is 61.2 Å². The van der Waals surface area contributed by atoms with Gasteiger partial charge in [-0.25, -0.2) is 9.36 Å². The van der Waals surface area contributed by atoms with Gasteiger partial charge in [0, 0.05) is 23.7 Å². The first-order valence-electron chi connectivity index (χ1n) is 11.4. The standard InChI is InChI=1S/C26H28N6O3/c1-15(2)24-22-13-27-32(21-10-9-16(3)17(4)11-21)25(22)26(35)31(30-24)14-23(34)29-20-8-6-7-19(12-20)28-18(5)33/h6-13,15H,14H2,1-5H3,(H,28,33)(H,29,34). The number of nitrogens with one attached hydrogen (secondary N) is 2. The van der Waals surface area contributed by atoms with Crippen LogP contribution >= 0.6 is 0 Å². The first kappa shape index (κ1) is 23.9. The van der Waals surface area contributed by atoms with Crippen molar-refractivity contribution in [2.75, 3.05) is 10.6 Å². The number of benzene rings is 2. The lowest BCUT2D eigenvalue weighted by atomic mass is 10.1. The maximum Gasteiger partial charge on any atom is 0.293 e. The van der Waals surface area contributed by atoms with E-state index in [0.717, 1.165) is 16.8 Å². The number of fused-ring (bicyclic) bond motifs is 1. The highest BCUT2D eigenvalue weighted by molar-refractivity contribution is 5.93. The second-order valence-electron chi connectivity index (χ2n) is 8.90. The Kier molecular flexibility index (Phi) is 6.50. The Labute approximate surface area is 202 Å². The van der Waals surface area contributed by atoms with Crippen molar-refractivity contribution < 1.29 is 9.59 Å². The fourth-order valence-electron chi connectivity index (χ4n) is 3.89. The minimum absolute atomic E-state index is 0.0131. The van der Waals surface area contributed by atoms with Crippen LogP contribution in [0.25, 0.3) is 16.6 Å². The maximum absolute atomic E-state index is 13.5. The Morgan fingerprint density at radius 2 is 1.71 bits per heavy atom. The van der Waals surface area contributed by atoms with Crippen LogP contribution in [0.1, 0.15) is 43.5 Å². The van der Waals surface area contributed by atoms with Gasteiger partial charge in [-0.3, -0.25) is 14.4 Å². The van der Waals surface area contributed by atoms with Gasteiger partial charge in [0.05, 0.1) is 17.6 Å². The van der Waals surface area contributed by atoms with Crippen molar-refractivity contribution in [1.29, 1.82) is 0 Å². The van der Waals surface area contributed by atoms with Gasteiger partial charge in [0.25, 0.3) is 5.56 Å². The molecule has 0 radical (unpaired) electrons. The molecule has 2 heterocycles. The minimum atomic E-state index is -0.411. The molecule has 0 atom stereocenters. The molecule has 2 N–H and O–H groups in total. The number of aryl methyl sites for hydroxylation is 2. The summed E-state index contributed by atoms with van der Waals surface area (Å²) < 4.78 is 2.80. The number of aromatic nitrogens is 4. The maximum atomic E-state index is 13.5. The summed E-state index contributed by atoms with van der Waals surface area (Å²) in [7, 11) is 0. The van der Waals surface area contributed by atoms with Crippen molar-refractivity contribution in [3.05, 3.63) is 75.8 Å². The number of amides is 2. The molecule has 0 unspecified atom stereocenters. The summed E-state index contributed by atoms with van der Waals surface area (Å²) in [6, 6.07) is 12.7. The largest absolute Gasteiger partial charge is 0.326 e. The van der Waals surface area contributed by atoms with Gasteiger partial charge in [0.15, 0.2) is 0 Å². The lowest BCUT2D eigenvalue weighted by molar-refractivity contribution is -0.117. The summed E-state index contributed by atoms with van der Waals surface area (Å²) >= 11 is 0. The third-order valence-electron chi connectivity index (χ3n) is 5.75. The Morgan fingerprint density at radius 3 is 2.37 bits per heavy atom. The van der Waals surface area contributed by atoms with E-state index in [1.54, 1.807) is 35.1 Å². The third kappa shape index (κ3) is 4.98. The van der Waals surface area contributed by atoms with Crippen molar-refractivity contribution in [2.45, 2.75) is 47.1 Å². The zero-order valence-corrected chi connectivity index (χ0v) is 20.4. The minimum Gasteiger partial charge on any atom is -0.326 e. The summed E-state index contributed by atoms with van der Waals surface area (Å²) in [6.07, 6.45) is 1.66. The monoisotopic (exact) mass is 472 g/mol. The van der Waals surface area contributed by atoms with Gasteiger partial charge in [0.2, 0.25) is 11.8 Å².